The molecule has 0 saturated heterocycles. The van der Waals surface area contributed by atoms with Gasteiger partial charge in [0.1, 0.15) is 5.82 Å². The van der Waals surface area contributed by atoms with Crippen molar-refractivity contribution in [1.82, 2.24) is 20.2 Å². The second-order valence-corrected chi connectivity index (χ2v) is 3.12. The Balaban J connectivity index is 2.51. The monoisotopic (exact) mass is 207 g/mol. The van der Waals surface area contributed by atoms with Crippen molar-refractivity contribution in [2.45, 2.75) is 13.5 Å². The lowest BCUT2D eigenvalue weighted by molar-refractivity contribution is 0.609. The number of aryl methyl sites for hydroxylation is 1. The SMILES string of the molecule is Cc1nnnn1-c1ccc(F)c(CN)c1. The van der Waals surface area contributed by atoms with Crippen molar-refractivity contribution in [3.63, 3.8) is 0 Å². The highest BCUT2D eigenvalue weighted by atomic mass is 19.1. The Hall–Kier alpha value is -1.82. The molecule has 0 atom stereocenters. The average Bonchev–Trinajstić information content (AvgIpc) is 2.65. The maximum Gasteiger partial charge on any atom is 0.153 e. The maximum absolute atomic E-state index is 13.2. The van der Waals surface area contributed by atoms with E-state index in [4.69, 9.17) is 5.73 Å². The van der Waals surface area contributed by atoms with Gasteiger partial charge in [-0.25, -0.2) is 4.39 Å². The van der Waals surface area contributed by atoms with Crippen molar-refractivity contribution in [2.24, 2.45) is 5.73 Å². The number of nitrogens with two attached hydrogens (primary N) is 1. The minimum atomic E-state index is -0.313. The average molecular weight is 207 g/mol. The molecule has 15 heavy (non-hydrogen) atoms. The highest BCUT2D eigenvalue weighted by molar-refractivity contribution is 5.36. The summed E-state index contributed by atoms with van der Waals surface area (Å²) in [7, 11) is 0. The van der Waals surface area contributed by atoms with Gasteiger partial charge in [0.2, 0.25) is 0 Å². The largest absolute Gasteiger partial charge is 0.326 e. The van der Waals surface area contributed by atoms with E-state index in [1.165, 1.54) is 10.7 Å². The molecule has 0 unspecified atom stereocenters. The molecule has 2 rings (SSSR count). The third kappa shape index (κ3) is 1.71. The molecule has 2 aromatic rings. The summed E-state index contributed by atoms with van der Waals surface area (Å²) in [5.74, 6) is 0.330. The molecular weight excluding hydrogens is 197 g/mol. The van der Waals surface area contributed by atoms with E-state index >= 15 is 0 Å². The molecule has 0 aliphatic heterocycles. The van der Waals surface area contributed by atoms with Gasteiger partial charge in [-0.05, 0) is 35.5 Å². The molecule has 0 spiro atoms. The first kappa shape index (κ1) is 9.72. The van der Waals surface area contributed by atoms with Gasteiger partial charge in [0, 0.05) is 12.1 Å². The Kier molecular flexibility index (Phi) is 2.42. The van der Waals surface area contributed by atoms with E-state index in [0.717, 1.165) is 0 Å². The first-order valence-corrected chi connectivity index (χ1v) is 4.46. The number of benzene rings is 1. The summed E-state index contributed by atoms with van der Waals surface area (Å²) in [6.45, 7) is 1.92. The van der Waals surface area contributed by atoms with Crippen LogP contribution in [0.5, 0.6) is 0 Å². The summed E-state index contributed by atoms with van der Waals surface area (Å²) in [6, 6.07) is 4.61. The first-order valence-electron chi connectivity index (χ1n) is 4.46. The maximum atomic E-state index is 13.2. The molecule has 0 fully saturated rings. The van der Waals surface area contributed by atoms with Crippen LogP contribution in [0.4, 0.5) is 4.39 Å². The second kappa shape index (κ2) is 3.74. The molecule has 6 heteroatoms. The van der Waals surface area contributed by atoms with Crippen molar-refractivity contribution in [3.05, 3.63) is 35.4 Å². The number of tetrazole rings is 1. The van der Waals surface area contributed by atoms with Crippen LogP contribution in [0.25, 0.3) is 5.69 Å². The Bertz CT molecular complexity index is 479. The van der Waals surface area contributed by atoms with Gasteiger partial charge in [0.15, 0.2) is 5.82 Å². The number of nitrogens with zero attached hydrogens (tertiary/aromatic N) is 4. The topological polar surface area (TPSA) is 69.6 Å². The van der Waals surface area contributed by atoms with E-state index in [-0.39, 0.29) is 12.4 Å². The Morgan fingerprint density at radius 1 is 1.47 bits per heavy atom. The zero-order valence-electron chi connectivity index (χ0n) is 8.18. The fraction of sp³-hybridized carbons (Fsp3) is 0.222. The Morgan fingerprint density at radius 2 is 2.27 bits per heavy atom. The van der Waals surface area contributed by atoms with Gasteiger partial charge < -0.3 is 5.73 Å². The summed E-state index contributed by atoms with van der Waals surface area (Å²) < 4.78 is 14.7. The molecule has 0 amide bonds. The quantitative estimate of drug-likeness (QED) is 0.781. The number of hydrogen-bond acceptors (Lipinski definition) is 4. The lowest BCUT2D eigenvalue weighted by atomic mass is 10.2. The minimum absolute atomic E-state index is 0.154. The summed E-state index contributed by atoms with van der Waals surface area (Å²) in [4.78, 5) is 0. The molecular formula is C9H10FN5. The lowest BCUT2D eigenvalue weighted by Crippen LogP contribution is -2.04. The van der Waals surface area contributed by atoms with E-state index in [0.29, 0.717) is 17.1 Å². The summed E-state index contributed by atoms with van der Waals surface area (Å²) in [5.41, 5.74) is 6.56. The van der Waals surface area contributed by atoms with Crippen molar-refractivity contribution in [1.29, 1.82) is 0 Å². The van der Waals surface area contributed by atoms with Crippen LogP contribution in [-0.2, 0) is 6.54 Å². The van der Waals surface area contributed by atoms with Gasteiger partial charge in [-0.15, -0.1) is 5.10 Å². The molecule has 0 aliphatic carbocycles. The van der Waals surface area contributed by atoms with Crippen molar-refractivity contribution in [3.8, 4) is 5.69 Å². The smallest absolute Gasteiger partial charge is 0.153 e. The lowest BCUT2D eigenvalue weighted by Gasteiger charge is -2.04. The number of hydrogen-bond donors (Lipinski definition) is 1. The molecule has 1 heterocycles. The van der Waals surface area contributed by atoms with Crippen LogP contribution >= 0.6 is 0 Å². The Morgan fingerprint density at radius 3 is 2.87 bits per heavy atom. The molecule has 5 nitrogen and oxygen atoms in total. The van der Waals surface area contributed by atoms with E-state index in [1.807, 2.05) is 0 Å². The van der Waals surface area contributed by atoms with Crippen LogP contribution in [0.1, 0.15) is 11.4 Å². The van der Waals surface area contributed by atoms with E-state index in [1.54, 1.807) is 19.1 Å². The van der Waals surface area contributed by atoms with E-state index in [2.05, 4.69) is 15.5 Å². The molecule has 0 radical (unpaired) electrons. The first-order chi connectivity index (χ1) is 7.22. The van der Waals surface area contributed by atoms with Crippen LogP contribution in [0.2, 0.25) is 0 Å². The number of aromatic nitrogens is 4. The zero-order chi connectivity index (χ0) is 10.8. The fourth-order valence-electron chi connectivity index (χ4n) is 1.32. The van der Waals surface area contributed by atoms with Gasteiger partial charge in [-0.1, -0.05) is 0 Å². The minimum Gasteiger partial charge on any atom is -0.326 e. The highest BCUT2D eigenvalue weighted by Gasteiger charge is 2.06. The van der Waals surface area contributed by atoms with Gasteiger partial charge in [0.25, 0.3) is 0 Å². The molecule has 0 aliphatic rings. The summed E-state index contributed by atoms with van der Waals surface area (Å²) >= 11 is 0. The van der Waals surface area contributed by atoms with Crippen LogP contribution in [0, 0.1) is 12.7 Å². The van der Waals surface area contributed by atoms with Crippen molar-refractivity contribution < 1.29 is 4.39 Å². The predicted octanol–water partition coefficient (Wildman–Crippen LogP) is 0.569. The third-order valence-corrected chi connectivity index (χ3v) is 2.12. The van der Waals surface area contributed by atoms with Crippen molar-refractivity contribution >= 4 is 0 Å². The molecule has 1 aromatic heterocycles. The van der Waals surface area contributed by atoms with Gasteiger partial charge in [-0.2, -0.15) is 4.68 Å². The molecule has 78 valence electrons. The van der Waals surface area contributed by atoms with Gasteiger partial charge >= 0.3 is 0 Å². The normalized spacial score (nSPS) is 10.6. The highest BCUT2D eigenvalue weighted by Crippen LogP contribution is 2.13. The molecule has 1 aromatic carbocycles. The third-order valence-electron chi connectivity index (χ3n) is 2.12. The fourth-order valence-corrected chi connectivity index (χ4v) is 1.32. The molecule has 2 N–H and O–H groups in total. The zero-order valence-corrected chi connectivity index (χ0v) is 8.18. The summed E-state index contributed by atoms with van der Waals surface area (Å²) in [5, 5.41) is 11.0. The van der Waals surface area contributed by atoms with Crippen LogP contribution in [0.3, 0.4) is 0 Å². The summed E-state index contributed by atoms with van der Waals surface area (Å²) in [6.07, 6.45) is 0. The van der Waals surface area contributed by atoms with Gasteiger partial charge in [-0.3, -0.25) is 0 Å². The Labute approximate surface area is 85.7 Å². The van der Waals surface area contributed by atoms with Crippen LogP contribution < -0.4 is 5.73 Å². The van der Waals surface area contributed by atoms with E-state index in [9.17, 15) is 4.39 Å². The number of rotatable bonds is 2. The molecule has 0 bridgehead atoms. The van der Waals surface area contributed by atoms with Crippen LogP contribution in [-0.4, -0.2) is 20.2 Å². The molecule has 0 saturated carbocycles. The standard InChI is InChI=1S/C9H10FN5/c1-6-12-13-14-15(6)8-2-3-9(10)7(4-8)5-11/h2-4H,5,11H2,1H3. The van der Waals surface area contributed by atoms with Gasteiger partial charge in [0.05, 0.1) is 5.69 Å². The van der Waals surface area contributed by atoms with Crippen molar-refractivity contribution in [2.75, 3.05) is 0 Å². The van der Waals surface area contributed by atoms with E-state index < -0.39 is 0 Å². The number of halogens is 1. The second-order valence-electron chi connectivity index (χ2n) is 3.12. The predicted molar refractivity (Wildman–Crippen MR) is 51.7 cm³/mol. The van der Waals surface area contributed by atoms with Crippen LogP contribution in [0.15, 0.2) is 18.2 Å².